The average Bonchev–Trinajstić information content (AvgIpc) is 3.22. The molecule has 3 aromatic rings. The smallest absolute Gasteiger partial charge is 0.175 e. The Balaban J connectivity index is 1.67. The second-order valence-corrected chi connectivity index (χ2v) is 8.97. The summed E-state index contributed by atoms with van der Waals surface area (Å²) in [5.41, 5.74) is 2.09. The zero-order chi connectivity index (χ0) is 16.1. The lowest BCUT2D eigenvalue weighted by Gasteiger charge is -2.04. The van der Waals surface area contributed by atoms with Crippen molar-refractivity contribution in [2.45, 2.75) is 21.4 Å². The lowest BCUT2D eigenvalue weighted by molar-refractivity contribution is 0.416. The largest absolute Gasteiger partial charge is 0.496 e. The molecule has 0 unspecified atom stereocenters. The number of ether oxygens (including phenoxy) is 1. The van der Waals surface area contributed by atoms with Gasteiger partial charge in [0.05, 0.1) is 18.4 Å². The molecule has 2 aromatic heterocycles. The van der Waals surface area contributed by atoms with Gasteiger partial charge >= 0.3 is 0 Å². The van der Waals surface area contributed by atoms with E-state index in [0.717, 1.165) is 42.2 Å². The van der Waals surface area contributed by atoms with Gasteiger partial charge in [0.2, 0.25) is 0 Å². The summed E-state index contributed by atoms with van der Waals surface area (Å²) in [6.07, 6.45) is 0. The Morgan fingerprint density at radius 2 is 1.91 bits per heavy atom. The van der Waals surface area contributed by atoms with Crippen LogP contribution in [0.4, 0.5) is 0 Å². The molecule has 1 aromatic carbocycles. The molecule has 4 nitrogen and oxygen atoms in total. The van der Waals surface area contributed by atoms with Gasteiger partial charge in [0.25, 0.3) is 0 Å². The topological polar surface area (TPSA) is 47.9 Å². The molecular formula is C15H15N3OS4. The zero-order valence-corrected chi connectivity index (χ0v) is 15.9. The van der Waals surface area contributed by atoms with Crippen LogP contribution in [-0.4, -0.2) is 28.0 Å². The molecule has 0 spiro atoms. The quantitative estimate of drug-likeness (QED) is 0.532. The van der Waals surface area contributed by atoms with Crippen LogP contribution in [0.15, 0.2) is 38.3 Å². The minimum Gasteiger partial charge on any atom is -0.496 e. The first-order chi connectivity index (χ1) is 11.3. The third-order valence-corrected chi connectivity index (χ3v) is 6.92. The van der Waals surface area contributed by atoms with Gasteiger partial charge in [0.15, 0.2) is 8.68 Å². The highest BCUT2D eigenvalue weighted by atomic mass is 32.2. The molecule has 23 heavy (non-hydrogen) atoms. The first-order valence-corrected chi connectivity index (χ1v) is 10.6. The van der Waals surface area contributed by atoms with Crippen molar-refractivity contribution in [3.05, 3.63) is 35.3 Å². The second kappa shape index (κ2) is 8.14. The van der Waals surface area contributed by atoms with E-state index < -0.39 is 0 Å². The second-order valence-electron chi connectivity index (χ2n) is 4.40. The van der Waals surface area contributed by atoms with Gasteiger partial charge in [-0.1, -0.05) is 53.9 Å². The summed E-state index contributed by atoms with van der Waals surface area (Å²) < 4.78 is 7.43. The highest BCUT2D eigenvalue weighted by Crippen LogP contribution is 2.34. The van der Waals surface area contributed by atoms with Crippen molar-refractivity contribution in [3.8, 4) is 16.3 Å². The molecule has 2 heterocycles. The summed E-state index contributed by atoms with van der Waals surface area (Å²) in [7, 11) is 1.69. The van der Waals surface area contributed by atoms with Gasteiger partial charge in [0.1, 0.15) is 10.8 Å². The monoisotopic (exact) mass is 381 g/mol. The van der Waals surface area contributed by atoms with Crippen molar-refractivity contribution in [2.24, 2.45) is 0 Å². The molecule has 0 aliphatic heterocycles. The normalized spacial score (nSPS) is 10.9. The number of aromatic nitrogens is 3. The third kappa shape index (κ3) is 4.26. The molecule has 0 bridgehead atoms. The fourth-order valence-corrected chi connectivity index (χ4v) is 5.66. The van der Waals surface area contributed by atoms with E-state index in [1.165, 1.54) is 0 Å². The Morgan fingerprint density at radius 1 is 1.13 bits per heavy atom. The van der Waals surface area contributed by atoms with E-state index >= 15 is 0 Å². The van der Waals surface area contributed by atoms with Crippen LogP contribution < -0.4 is 4.74 Å². The summed E-state index contributed by atoms with van der Waals surface area (Å²) in [5, 5.41) is 11.5. The van der Waals surface area contributed by atoms with E-state index in [4.69, 9.17) is 9.72 Å². The van der Waals surface area contributed by atoms with E-state index in [9.17, 15) is 0 Å². The highest BCUT2D eigenvalue weighted by molar-refractivity contribution is 8.02. The Bertz CT molecular complexity index is 771. The van der Waals surface area contributed by atoms with Gasteiger partial charge in [-0.15, -0.1) is 21.5 Å². The van der Waals surface area contributed by atoms with Crippen LogP contribution in [0.5, 0.6) is 5.75 Å². The van der Waals surface area contributed by atoms with Crippen molar-refractivity contribution in [3.63, 3.8) is 0 Å². The van der Waals surface area contributed by atoms with Crippen LogP contribution in [0.3, 0.4) is 0 Å². The predicted molar refractivity (Wildman–Crippen MR) is 100.0 cm³/mol. The number of methoxy groups -OCH3 is 1. The SMILES string of the molecule is CCSc1nnc(SCc2csc(-c3ccccc3OC)n2)s1. The Morgan fingerprint density at radius 3 is 2.70 bits per heavy atom. The first kappa shape index (κ1) is 16.8. The van der Waals surface area contributed by atoms with Gasteiger partial charge in [-0.25, -0.2) is 4.98 Å². The van der Waals surface area contributed by atoms with Gasteiger partial charge in [-0.3, -0.25) is 0 Å². The summed E-state index contributed by atoms with van der Waals surface area (Å²) >= 11 is 6.70. The molecule has 0 fully saturated rings. The first-order valence-electron chi connectivity index (χ1n) is 6.97. The number of thioether (sulfide) groups is 2. The van der Waals surface area contributed by atoms with E-state index in [0.29, 0.717) is 0 Å². The van der Waals surface area contributed by atoms with Gasteiger partial charge in [-0.05, 0) is 17.9 Å². The van der Waals surface area contributed by atoms with E-state index in [1.807, 2.05) is 24.3 Å². The molecule has 8 heteroatoms. The predicted octanol–water partition coefficient (Wildman–Crippen LogP) is 5.07. The summed E-state index contributed by atoms with van der Waals surface area (Å²) in [4.78, 5) is 4.72. The zero-order valence-electron chi connectivity index (χ0n) is 12.7. The van der Waals surface area contributed by atoms with Crippen LogP contribution in [-0.2, 0) is 5.75 Å². The van der Waals surface area contributed by atoms with Crippen molar-refractivity contribution in [1.82, 2.24) is 15.2 Å². The standard InChI is InChI=1S/C15H15N3OS4/c1-3-20-14-17-18-15(23-14)22-9-10-8-21-13(16-10)11-6-4-5-7-12(11)19-2/h4-8H,3,9H2,1-2H3. The van der Waals surface area contributed by atoms with Crippen LogP contribution in [0, 0.1) is 0 Å². The lowest BCUT2D eigenvalue weighted by atomic mass is 10.2. The third-order valence-electron chi connectivity index (χ3n) is 2.89. The molecule has 0 saturated heterocycles. The maximum Gasteiger partial charge on any atom is 0.175 e. The molecule has 0 radical (unpaired) electrons. The summed E-state index contributed by atoms with van der Waals surface area (Å²) in [5.74, 6) is 2.68. The number of hydrogen-bond acceptors (Lipinski definition) is 8. The van der Waals surface area contributed by atoms with Gasteiger partial charge < -0.3 is 4.74 Å². The van der Waals surface area contributed by atoms with Crippen LogP contribution >= 0.6 is 46.2 Å². The maximum absolute atomic E-state index is 5.41. The Labute approximate surface area is 151 Å². The van der Waals surface area contributed by atoms with Crippen molar-refractivity contribution < 1.29 is 4.74 Å². The van der Waals surface area contributed by atoms with Crippen LogP contribution in [0.2, 0.25) is 0 Å². The van der Waals surface area contributed by atoms with Crippen LogP contribution in [0.25, 0.3) is 10.6 Å². The fraction of sp³-hybridized carbons (Fsp3) is 0.267. The highest BCUT2D eigenvalue weighted by Gasteiger charge is 2.11. The maximum atomic E-state index is 5.41. The van der Waals surface area contributed by atoms with E-state index in [-0.39, 0.29) is 0 Å². The van der Waals surface area contributed by atoms with Crippen molar-refractivity contribution in [2.75, 3.05) is 12.9 Å². The molecule has 0 aliphatic rings. The molecule has 120 valence electrons. The number of hydrogen-bond donors (Lipinski definition) is 0. The van der Waals surface area contributed by atoms with E-state index in [1.54, 1.807) is 53.3 Å². The summed E-state index contributed by atoms with van der Waals surface area (Å²) in [6.45, 7) is 2.12. The molecular weight excluding hydrogens is 366 g/mol. The van der Waals surface area contributed by atoms with Gasteiger partial charge in [-0.2, -0.15) is 0 Å². The number of thiazole rings is 1. The van der Waals surface area contributed by atoms with Gasteiger partial charge in [0, 0.05) is 11.1 Å². The van der Waals surface area contributed by atoms with Crippen LogP contribution in [0.1, 0.15) is 12.6 Å². The molecule has 0 N–H and O–H groups in total. The van der Waals surface area contributed by atoms with E-state index in [2.05, 4.69) is 22.5 Å². The molecule has 0 aliphatic carbocycles. The minimum atomic E-state index is 0.803. The summed E-state index contributed by atoms with van der Waals surface area (Å²) in [6, 6.07) is 7.96. The number of nitrogens with zero attached hydrogens (tertiary/aromatic N) is 3. The lowest BCUT2D eigenvalue weighted by Crippen LogP contribution is -1.87. The molecule has 0 amide bonds. The fourth-order valence-electron chi connectivity index (χ4n) is 1.89. The number of para-hydroxylation sites is 1. The Hall–Kier alpha value is -1.09. The number of rotatable bonds is 7. The molecule has 0 saturated carbocycles. The minimum absolute atomic E-state index is 0.803. The Kier molecular flexibility index (Phi) is 5.93. The number of benzene rings is 1. The molecule has 3 rings (SSSR count). The van der Waals surface area contributed by atoms with Crippen molar-refractivity contribution in [1.29, 1.82) is 0 Å². The van der Waals surface area contributed by atoms with Crippen molar-refractivity contribution >= 4 is 46.2 Å². The average molecular weight is 382 g/mol. The molecule has 0 atom stereocenters.